The molecule has 0 aromatic carbocycles. The monoisotopic (exact) mass is 200 g/mol. The summed E-state index contributed by atoms with van der Waals surface area (Å²) in [6.45, 7) is 0. The van der Waals surface area contributed by atoms with Gasteiger partial charge >= 0.3 is 11.7 Å². The molecule has 0 rings (SSSR count). The Morgan fingerprint density at radius 3 is 0.929 bits per heavy atom. The summed E-state index contributed by atoms with van der Waals surface area (Å²) < 4.78 is 4.24. The molecule has 0 aliphatic rings. The van der Waals surface area contributed by atoms with E-state index in [0.29, 0.717) is 0 Å². The molecule has 0 N–H and O–H groups in total. The highest BCUT2D eigenvalue weighted by Gasteiger charge is 2.29. The first-order valence-corrected chi connectivity index (χ1v) is 4.72. The van der Waals surface area contributed by atoms with E-state index in [-0.39, 0.29) is 0 Å². The molecule has 0 saturated heterocycles. The van der Waals surface area contributed by atoms with Gasteiger partial charge in [0.05, 0.1) is 56.4 Å². The van der Waals surface area contributed by atoms with Crippen LogP contribution in [0.4, 0.5) is 0 Å². The zero-order chi connectivity index (χ0) is 11.5. The molecule has 0 aliphatic heterocycles. The van der Waals surface area contributed by atoms with Crippen LogP contribution in [0.15, 0.2) is 0 Å². The Morgan fingerprint density at radius 2 is 0.857 bits per heavy atom. The predicted octanol–water partition coefficient (Wildman–Crippen LogP) is -0.549. The minimum absolute atomic E-state index is 1.19. The first-order chi connectivity index (χ1) is 6.29. The van der Waals surface area contributed by atoms with E-state index in [1.165, 1.54) is 11.7 Å². The molecule has 14 heavy (non-hydrogen) atoms. The van der Waals surface area contributed by atoms with Crippen LogP contribution >= 0.6 is 0 Å². The third-order valence-electron chi connectivity index (χ3n) is 1.89. The van der Waals surface area contributed by atoms with Crippen molar-refractivity contribution in [3.05, 3.63) is 0 Å². The van der Waals surface area contributed by atoms with Crippen LogP contribution in [0.25, 0.3) is 0 Å². The lowest BCUT2D eigenvalue weighted by Gasteiger charge is -2.15. The van der Waals surface area contributed by atoms with Gasteiger partial charge in [-0.3, -0.25) is 19.0 Å². The summed E-state index contributed by atoms with van der Waals surface area (Å²) in [5, 5.41) is 0. The molecule has 82 valence electrons. The zero-order valence-corrected chi connectivity index (χ0v) is 10.8. The summed E-state index contributed by atoms with van der Waals surface area (Å²) in [5.41, 5.74) is 0. The quantitative estimate of drug-likeness (QED) is 0.296. The number of amidine groups is 2. The second-order valence-corrected chi connectivity index (χ2v) is 4.22. The lowest BCUT2D eigenvalue weighted by Crippen LogP contribution is -2.47. The third-order valence-corrected chi connectivity index (χ3v) is 1.89. The third kappa shape index (κ3) is 3.01. The predicted molar refractivity (Wildman–Crippen MR) is 61.6 cm³/mol. The summed E-state index contributed by atoms with van der Waals surface area (Å²) in [6.07, 6.45) is 0. The van der Waals surface area contributed by atoms with Crippen molar-refractivity contribution < 1.29 is 9.15 Å². The van der Waals surface area contributed by atoms with Gasteiger partial charge in [-0.25, -0.2) is 0 Å². The van der Waals surface area contributed by atoms with Gasteiger partial charge in [-0.05, 0) is 0 Å². The highest BCUT2D eigenvalue weighted by molar-refractivity contribution is 6.35. The lowest BCUT2D eigenvalue weighted by atomic mass is 10.4. The van der Waals surface area contributed by atoms with Crippen molar-refractivity contribution in [3.63, 3.8) is 0 Å². The molecule has 0 atom stereocenters. The van der Waals surface area contributed by atoms with Crippen molar-refractivity contribution in [2.24, 2.45) is 0 Å². The molecule has 0 radical (unpaired) electrons. The van der Waals surface area contributed by atoms with Gasteiger partial charge < -0.3 is 0 Å². The number of hydrogen-bond donors (Lipinski definition) is 0. The van der Waals surface area contributed by atoms with E-state index in [1.54, 1.807) is 0 Å². The van der Waals surface area contributed by atoms with Gasteiger partial charge in [-0.1, -0.05) is 0 Å². The average Bonchev–Trinajstić information content (AvgIpc) is 1.96. The lowest BCUT2D eigenvalue weighted by molar-refractivity contribution is -0.485. The van der Waals surface area contributed by atoms with Crippen LogP contribution in [0.2, 0.25) is 0 Å². The summed E-state index contributed by atoms with van der Waals surface area (Å²) >= 11 is 0. The van der Waals surface area contributed by atoms with Crippen LogP contribution in [0.1, 0.15) is 0 Å². The van der Waals surface area contributed by atoms with Crippen LogP contribution in [-0.2, 0) is 0 Å². The van der Waals surface area contributed by atoms with E-state index >= 15 is 0 Å². The van der Waals surface area contributed by atoms with E-state index < -0.39 is 0 Å². The highest BCUT2D eigenvalue weighted by atomic mass is 15.3. The first-order valence-electron chi connectivity index (χ1n) is 4.72. The molecular weight excluding hydrogens is 176 g/mol. The molecule has 4 heteroatoms. The van der Waals surface area contributed by atoms with Crippen LogP contribution in [0, 0.1) is 0 Å². The molecule has 0 amide bonds. The van der Waals surface area contributed by atoms with Crippen molar-refractivity contribution >= 4 is 11.7 Å². The van der Waals surface area contributed by atoms with Gasteiger partial charge in [-0.15, -0.1) is 0 Å². The molecule has 0 fully saturated rings. The van der Waals surface area contributed by atoms with Crippen LogP contribution < -0.4 is 0 Å². The zero-order valence-electron chi connectivity index (χ0n) is 10.8. The molecule has 0 heterocycles. The van der Waals surface area contributed by atoms with E-state index in [1.807, 2.05) is 0 Å². The standard InChI is InChI=1S/C10H24N4/c1-11(2)9(12(3)4)10(13(5)6)14(7)8/h1-8H3/q+2. The van der Waals surface area contributed by atoms with Gasteiger partial charge in [0.2, 0.25) is 0 Å². The number of rotatable bonds is 0. The normalized spacial score (nSPS) is 9.43. The second-order valence-electron chi connectivity index (χ2n) is 4.22. The van der Waals surface area contributed by atoms with Gasteiger partial charge in [0.25, 0.3) is 0 Å². The molecule has 0 aromatic rings. The summed E-state index contributed by atoms with van der Waals surface area (Å²) in [6, 6.07) is 0. The Morgan fingerprint density at radius 1 is 0.643 bits per heavy atom. The van der Waals surface area contributed by atoms with E-state index in [9.17, 15) is 0 Å². The smallest absolute Gasteiger partial charge is 0.260 e. The fourth-order valence-corrected chi connectivity index (χ4v) is 1.60. The molecule has 0 aliphatic carbocycles. The summed E-state index contributed by atoms with van der Waals surface area (Å²) in [5.74, 6) is 2.39. The Labute approximate surface area is 87.8 Å². The Balaban J connectivity index is 5.42. The molecule has 0 saturated carbocycles. The van der Waals surface area contributed by atoms with Crippen molar-refractivity contribution in [1.29, 1.82) is 0 Å². The van der Waals surface area contributed by atoms with Gasteiger partial charge in [-0.2, -0.15) is 0 Å². The van der Waals surface area contributed by atoms with Crippen molar-refractivity contribution in [3.8, 4) is 0 Å². The maximum absolute atomic E-state index is 2.12. The van der Waals surface area contributed by atoms with Crippen LogP contribution in [0.5, 0.6) is 0 Å². The van der Waals surface area contributed by atoms with E-state index in [4.69, 9.17) is 0 Å². The maximum Gasteiger partial charge on any atom is 0.361 e. The minimum Gasteiger partial charge on any atom is -0.260 e. The summed E-state index contributed by atoms with van der Waals surface area (Å²) in [4.78, 5) is 4.24. The van der Waals surface area contributed by atoms with Gasteiger partial charge in [0.15, 0.2) is 0 Å². The Kier molecular flexibility index (Phi) is 4.60. The molecule has 0 unspecified atom stereocenters. The topological polar surface area (TPSA) is 12.5 Å². The molecule has 0 aromatic heterocycles. The van der Waals surface area contributed by atoms with Gasteiger partial charge in [0, 0.05) is 0 Å². The van der Waals surface area contributed by atoms with Crippen molar-refractivity contribution in [1.82, 2.24) is 9.80 Å². The van der Waals surface area contributed by atoms with Crippen molar-refractivity contribution in [2.45, 2.75) is 0 Å². The largest absolute Gasteiger partial charge is 0.361 e. The molecule has 0 spiro atoms. The number of nitrogens with zero attached hydrogens (tertiary/aromatic N) is 4. The van der Waals surface area contributed by atoms with Crippen molar-refractivity contribution in [2.75, 3.05) is 56.4 Å². The average molecular weight is 200 g/mol. The van der Waals surface area contributed by atoms with E-state index in [2.05, 4.69) is 75.3 Å². The Hall–Kier alpha value is -1.06. The molecule has 4 nitrogen and oxygen atoms in total. The number of likely N-dealkylation sites (N-methyl/N-ethyl adjacent to an activating group) is 2. The Bertz CT molecular complexity index is 225. The fourth-order valence-electron chi connectivity index (χ4n) is 1.60. The van der Waals surface area contributed by atoms with Crippen LogP contribution in [-0.4, -0.2) is 87.0 Å². The van der Waals surface area contributed by atoms with Crippen LogP contribution in [0.3, 0.4) is 0 Å². The number of hydrogen-bond acceptors (Lipinski definition) is 0. The van der Waals surface area contributed by atoms with E-state index in [0.717, 1.165) is 0 Å². The summed E-state index contributed by atoms with van der Waals surface area (Å²) in [7, 11) is 16.5. The van der Waals surface area contributed by atoms with Gasteiger partial charge in [0.1, 0.15) is 0 Å². The molecular formula is C10H24N4+2. The fraction of sp³-hybridized carbons (Fsp3) is 0.800. The SMILES string of the molecule is CN(C)C(C(N(C)C)=[N+](C)C)=[N+](C)C. The molecule has 0 bridgehead atoms. The second kappa shape index (κ2) is 4.98. The highest BCUT2D eigenvalue weighted by Crippen LogP contribution is 1.91. The first kappa shape index (κ1) is 12.9. The maximum atomic E-state index is 2.12. The minimum atomic E-state index is 1.19.